The van der Waals surface area contributed by atoms with Crippen molar-refractivity contribution in [2.45, 2.75) is 26.3 Å². The van der Waals surface area contributed by atoms with E-state index in [1.165, 1.54) is 11.1 Å². The molecule has 0 fully saturated rings. The van der Waals surface area contributed by atoms with Crippen LogP contribution in [0.1, 0.15) is 24.7 Å². The molecule has 0 radical (unpaired) electrons. The molecule has 0 unspecified atom stereocenters. The Balaban J connectivity index is 2.04. The van der Waals surface area contributed by atoms with Crippen molar-refractivity contribution in [2.75, 3.05) is 5.73 Å². The summed E-state index contributed by atoms with van der Waals surface area (Å²) in [4.78, 5) is 4.75. The minimum absolute atomic E-state index is 0.804. The van der Waals surface area contributed by atoms with Crippen molar-refractivity contribution in [3.8, 4) is 0 Å². The van der Waals surface area contributed by atoms with E-state index >= 15 is 0 Å². The van der Waals surface area contributed by atoms with Crippen LogP contribution in [0, 0.1) is 0 Å². The smallest absolute Gasteiger partial charge is 0.110 e. The first-order valence-electron chi connectivity index (χ1n) is 7.06. The van der Waals surface area contributed by atoms with E-state index < -0.39 is 0 Å². The summed E-state index contributed by atoms with van der Waals surface area (Å²) in [6.07, 6.45) is 2.11. The van der Waals surface area contributed by atoms with Gasteiger partial charge in [-0.1, -0.05) is 31.2 Å². The Morgan fingerprint density at radius 3 is 2.55 bits per heavy atom. The number of fused-ring (bicyclic) bond motifs is 1. The summed E-state index contributed by atoms with van der Waals surface area (Å²) in [7, 11) is 0. The third kappa shape index (κ3) is 2.39. The summed E-state index contributed by atoms with van der Waals surface area (Å²) < 4.78 is 2.31. The van der Waals surface area contributed by atoms with Crippen molar-refractivity contribution in [3.05, 3.63) is 59.9 Å². The van der Waals surface area contributed by atoms with Gasteiger partial charge in [0.1, 0.15) is 5.82 Å². The van der Waals surface area contributed by atoms with E-state index in [2.05, 4.69) is 41.8 Å². The number of imidazole rings is 1. The molecule has 3 heteroatoms. The maximum atomic E-state index is 5.75. The summed E-state index contributed by atoms with van der Waals surface area (Å²) in [6.45, 7) is 3.03. The summed E-state index contributed by atoms with van der Waals surface area (Å²) in [5, 5.41) is 0. The highest BCUT2D eigenvalue weighted by molar-refractivity contribution is 5.76. The zero-order valence-electron chi connectivity index (χ0n) is 11.7. The molecule has 0 aliphatic heterocycles. The van der Waals surface area contributed by atoms with Gasteiger partial charge in [-0.2, -0.15) is 0 Å². The lowest BCUT2D eigenvalue weighted by atomic mass is 10.2. The van der Waals surface area contributed by atoms with Crippen molar-refractivity contribution in [1.82, 2.24) is 9.55 Å². The third-order valence-electron chi connectivity index (χ3n) is 3.53. The van der Waals surface area contributed by atoms with Crippen LogP contribution in [0.2, 0.25) is 0 Å². The number of aromatic nitrogens is 2. The molecular formula is C17H19N3. The molecule has 0 aliphatic carbocycles. The zero-order valence-corrected chi connectivity index (χ0v) is 11.7. The number of rotatable bonds is 4. The zero-order chi connectivity index (χ0) is 13.9. The Morgan fingerprint density at radius 1 is 1.05 bits per heavy atom. The van der Waals surface area contributed by atoms with E-state index in [1.807, 2.05) is 18.2 Å². The first kappa shape index (κ1) is 12.7. The van der Waals surface area contributed by atoms with Gasteiger partial charge in [0.2, 0.25) is 0 Å². The average molecular weight is 265 g/mol. The van der Waals surface area contributed by atoms with Crippen LogP contribution in [-0.2, 0) is 13.0 Å². The van der Waals surface area contributed by atoms with Crippen LogP contribution in [0.5, 0.6) is 0 Å². The Labute approximate surface area is 119 Å². The summed E-state index contributed by atoms with van der Waals surface area (Å²) in [6, 6.07) is 16.4. The molecule has 0 saturated heterocycles. The lowest BCUT2D eigenvalue weighted by Crippen LogP contribution is -2.05. The van der Waals surface area contributed by atoms with Gasteiger partial charge in [0.05, 0.1) is 11.0 Å². The lowest BCUT2D eigenvalue weighted by Gasteiger charge is -2.09. The number of para-hydroxylation sites is 2. The second kappa shape index (κ2) is 5.37. The van der Waals surface area contributed by atoms with Gasteiger partial charge in [-0.25, -0.2) is 4.98 Å². The predicted molar refractivity (Wildman–Crippen MR) is 83.7 cm³/mol. The van der Waals surface area contributed by atoms with E-state index in [-0.39, 0.29) is 0 Å². The van der Waals surface area contributed by atoms with Gasteiger partial charge >= 0.3 is 0 Å². The largest absolute Gasteiger partial charge is 0.399 e. The topological polar surface area (TPSA) is 43.8 Å². The molecule has 0 amide bonds. The highest BCUT2D eigenvalue weighted by atomic mass is 15.1. The van der Waals surface area contributed by atoms with Crippen LogP contribution in [0.3, 0.4) is 0 Å². The normalized spacial score (nSPS) is 11.1. The van der Waals surface area contributed by atoms with E-state index in [1.54, 1.807) is 0 Å². The molecule has 2 aromatic carbocycles. The van der Waals surface area contributed by atoms with Crippen LogP contribution in [0.15, 0.2) is 48.5 Å². The molecule has 0 saturated carbocycles. The van der Waals surface area contributed by atoms with Crippen LogP contribution in [-0.4, -0.2) is 9.55 Å². The minimum Gasteiger partial charge on any atom is -0.399 e. The maximum absolute atomic E-state index is 5.75. The molecule has 3 aromatic rings. The lowest BCUT2D eigenvalue weighted by molar-refractivity contribution is 0.722. The van der Waals surface area contributed by atoms with Crippen LogP contribution < -0.4 is 5.73 Å². The standard InChI is InChI=1S/C17H19N3/c1-2-5-17-19-15-6-3-4-7-16(15)20(17)12-13-8-10-14(18)11-9-13/h3-4,6-11H,2,5,12,18H2,1H3. The molecule has 0 spiro atoms. The number of hydrogen-bond donors (Lipinski definition) is 1. The highest BCUT2D eigenvalue weighted by Gasteiger charge is 2.09. The Morgan fingerprint density at radius 2 is 1.80 bits per heavy atom. The second-order valence-corrected chi connectivity index (χ2v) is 5.09. The number of nitrogens with two attached hydrogens (primary N) is 1. The van der Waals surface area contributed by atoms with Gasteiger partial charge in [0, 0.05) is 18.7 Å². The number of nitrogens with zero attached hydrogens (tertiary/aromatic N) is 2. The Hall–Kier alpha value is -2.29. The molecular weight excluding hydrogens is 246 g/mol. The number of aryl methyl sites for hydroxylation is 1. The molecule has 0 bridgehead atoms. The third-order valence-corrected chi connectivity index (χ3v) is 3.53. The van der Waals surface area contributed by atoms with Crippen molar-refractivity contribution >= 4 is 16.7 Å². The van der Waals surface area contributed by atoms with Crippen molar-refractivity contribution in [3.63, 3.8) is 0 Å². The van der Waals surface area contributed by atoms with Crippen LogP contribution in [0.4, 0.5) is 5.69 Å². The van der Waals surface area contributed by atoms with Crippen LogP contribution >= 0.6 is 0 Å². The maximum Gasteiger partial charge on any atom is 0.110 e. The molecule has 3 nitrogen and oxygen atoms in total. The molecule has 1 heterocycles. The number of anilines is 1. The number of benzene rings is 2. The predicted octanol–water partition coefficient (Wildman–Crippen LogP) is 3.62. The average Bonchev–Trinajstić information content (AvgIpc) is 2.80. The second-order valence-electron chi connectivity index (χ2n) is 5.09. The van der Waals surface area contributed by atoms with Crippen LogP contribution in [0.25, 0.3) is 11.0 Å². The van der Waals surface area contributed by atoms with E-state index in [4.69, 9.17) is 10.7 Å². The minimum atomic E-state index is 0.804. The fourth-order valence-corrected chi connectivity index (χ4v) is 2.52. The highest BCUT2D eigenvalue weighted by Crippen LogP contribution is 2.19. The molecule has 20 heavy (non-hydrogen) atoms. The van der Waals surface area contributed by atoms with Gasteiger partial charge in [-0.15, -0.1) is 0 Å². The molecule has 3 rings (SSSR count). The SMILES string of the molecule is CCCc1nc2ccccc2n1Cc1ccc(N)cc1. The van der Waals surface area contributed by atoms with Gasteiger partial charge in [-0.3, -0.25) is 0 Å². The van der Waals surface area contributed by atoms with Gasteiger partial charge < -0.3 is 10.3 Å². The Kier molecular flexibility index (Phi) is 3.42. The quantitative estimate of drug-likeness (QED) is 0.732. The Bertz CT molecular complexity index is 711. The summed E-state index contributed by atoms with van der Waals surface area (Å²) in [5.74, 6) is 1.16. The van der Waals surface area contributed by atoms with Crippen molar-refractivity contribution < 1.29 is 0 Å². The first-order valence-corrected chi connectivity index (χ1v) is 7.06. The number of nitrogen functional groups attached to an aromatic ring is 1. The van der Waals surface area contributed by atoms with Gasteiger partial charge in [0.25, 0.3) is 0 Å². The van der Waals surface area contributed by atoms with Crippen molar-refractivity contribution in [2.24, 2.45) is 0 Å². The van der Waals surface area contributed by atoms with E-state index in [0.717, 1.165) is 36.4 Å². The molecule has 102 valence electrons. The van der Waals surface area contributed by atoms with Gasteiger partial charge in [-0.05, 0) is 36.2 Å². The first-order chi connectivity index (χ1) is 9.78. The summed E-state index contributed by atoms with van der Waals surface area (Å²) >= 11 is 0. The monoisotopic (exact) mass is 265 g/mol. The fourth-order valence-electron chi connectivity index (χ4n) is 2.52. The van der Waals surface area contributed by atoms with Gasteiger partial charge in [0.15, 0.2) is 0 Å². The molecule has 0 atom stereocenters. The van der Waals surface area contributed by atoms with Crippen molar-refractivity contribution in [1.29, 1.82) is 0 Å². The number of hydrogen-bond acceptors (Lipinski definition) is 2. The fraction of sp³-hybridized carbons (Fsp3) is 0.235. The van der Waals surface area contributed by atoms with E-state index in [9.17, 15) is 0 Å². The molecule has 0 aliphatic rings. The van der Waals surface area contributed by atoms with E-state index in [0.29, 0.717) is 0 Å². The summed E-state index contributed by atoms with van der Waals surface area (Å²) in [5.41, 5.74) is 10.1. The molecule has 1 aromatic heterocycles. The molecule has 2 N–H and O–H groups in total.